The summed E-state index contributed by atoms with van der Waals surface area (Å²) in [7, 11) is 0. The normalized spacial score (nSPS) is 14.5. The van der Waals surface area contributed by atoms with Crippen molar-refractivity contribution in [1.29, 1.82) is 0 Å². The number of benzene rings is 1. The van der Waals surface area contributed by atoms with Crippen molar-refractivity contribution >= 4 is 17.3 Å². The van der Waals surface area contributed by atoms with Gasteiger partial charge < -0.3 is 5.32 Å². The fraction of sp³-hybridized carbons (Fsp3) is 0.227. The zero-order valence-electron chi connectivity index (χ0n) is 15.9. The predicted molar refractivity (Wildman–Crippen MR) is 110 cm³/mol. The maximum absolute atomic E-state index is 12.3. The van der Waals surface area contributed by atoms with Crippen LogP contribution in [0.2, 0.25) is 0 Å². The van der Waals surface area contributed by atoms with Crippen LogP contribution in [-0.4, -0.2) is 45.2 Å². The van der Waals surface area contributed by atoms with Gasteiger partial charge in [-0.1, -0.05) is 24.3 Å². The molecular formula is C22H23N5O. The van der Waals surface area contributed by atoms with Crippen molar-refractivity contribution < 1.29 is 4.79 Å². The van der Waals surface area contributed by atoms with Gasteiger partial charge in [0.05, 0.1) is 18.4 Å². The molecule has 28 heavy (non-hydrogen) atoms. The first-order chi connectivity index (χ1) is 13.7. The number of carbonyl (C=O) groups excluding carboxylic acids is 1. The Morgan fingerprint density at radius 2 is 2.07 bits per heavy atom. The van der Waals surface area contributed by atoms with Gasteiger partial charge in [-0.05, 0) is 48.7 Å². The van der Waals surface area contributed by atoms with Crippen LogP contribution >= 0.6 is 0 Å². The highest BCUT2D eigenvalue weighted by atomic mass is 16.2. The number of hydrogen-bond donors (Lipinski definition) is 1. The summed E-state index contributed by atoms with van der Waals surface area (Å²) in [4.78, 5) is 18.6. The molecule has 0 bridgehead atoms. The van der Waals surface area contributed by atoms with Crippen LogP contribution in [0.15, 0.2) is 67.1 Å². The molecule has 0 saturated carbocycles. The number of nitrogens with zero attached hydrogens (tertiary/aromatic N) is 4. The molecule has 2 aromatic heterocycles. The number of aromatic nitrogens is 3. The van der Waals surface area contributed by atoms with E-state index in [9.17, 15) is 4.79 Å². The van der Waals surface area contributed by atoms with Gasteiger partial charge in [0.1, 0.15) is 5.82 Å². The highest BCUT2D eigenvalue weighted by Gasteiger charge is 2.17. The van der Waals surface area contributed by atoms with Crippen molar-refractivity contribution in [1.82, 2.24) is 19.7 Å². The Morgan fingerprint density at radius 3 is 2.82 bits per heavy atom. The lowest BCUT2D eigenvalue weighted by molar-refractivity contribution is -0.117. The third-order valence-electron chi connectivity index (χ3n) is 4.82. The first kappa shape index (κ1) is 18.1. The van der Waals surface area contributed by atoms with Crippen LogP contribution in [0.3, 0.4) is 0 Å². The van der Waals surface area contributed by atoms with Crippen molar-refractivity contribution in [2.45, 2.75) is 13.3 Å². The van der Waals surface area contributed by atoms with Gasteiger partial charge in [-0.15, -0.1) is 0 Å². The van der Waals surface area contributed by atoms with E-state index in [1.807, 2.05) is 60.3 Å². The van der Waals surface area contributed by atoms with Crippen molar-refractivity contribution in [3.8, 4) is 5.69 Å². The molecule has 3 aromatic rings. The Kier molecular flexibility index (Phi) is 5.30. The predicted octanol–water partition coefficient (Wildman–Crippen LogP) is 3.30. The number of aryl methyl sites for hydroxylation is 1. The fourth-order valence-corrected chi connectivity index (χ4v) is 3.32. The lowest BCUT2D eigenvalue weighted by Gasteiger charge is -2.25. The number of nitrogens with one attached hydrogen (secondary N) is 1. The molecule has 1 amide bonds. The molecule has 0 unspecified atom stereocenters. The molecule has 6 nitrogen and oxygen atoms in total. The van der Waals surface area contributed by atoms with E-state index < -0.39 is 0 Å². The Balaban J connectivity index is 1.34. The molecule has 1 aromatic carbocycles. The standard InChI is InChI=1S/C22H23N5O/c1-17-7-10-23-21(13-17)25-22(28)16-26-11-8-18(9-12-26)19-14-24-27(15-19)20-5-3-2-4-6-20/h2-8,10,13-15H,9,11-12,16H2,1H3,(H,23,25,28). The van der Waals surface area contributed by atoms with E-state index in [2.05, 4.69) is 32.6 Å². The van der Waals surface area contributed by atoms with E-state index in [1.54, 1.807) is 6.20 Å². The van der Waals surface area contributed by atoms with E-state index in [4.69, 9.17) is 0 Å². The van der Waals surface area contributed by atoms with Crippen molar-refractivity contribution in [2.24, 2.45) is 0 Å². The smallest absolute Gasteiger partial charge is 0.239 e. The molecule has 6 heteroatoms. The van der Waals surface area contributed by atoms with Gasteiger partial charge >= 0.3 is 0 Å². The zero-order valence-corrected chi connectivity index (χ0v) is 15.9. The number of para-hydroxylation sites is 1. The number of carbonyl (C=O) groups is 1. The second-order valence-electron chi connectivity index (χ2n) is 6.99. The topological polar surface area (TPSA) is 63.1 Å². The van der Waals surface area contributed by atoms with Crippen LogP contribution in [0.25, 0.3) is 11.3 Å². The number of hydrogen-bond acceptors (Lipinski definition) is 4. The van der Waals surface area contributed by atoms with Gasteiger partial charge in [0.15, 0.2) is 0 Å². The summed E-state index contributed by atoms with van der Waals surface area (Å²) in [6, 6.07) is 13.9. The van der Waals surface area contributed by atoms with E-state index in [0.29, 0.717) is 12.4 Å². The van der Waals surface area contributed by atoms with Crippen molar-refractivity contribution in [2.75, 3.05) is 25.0 Å². The molecular weight excluding hydrogens is 350 g/mol. The molecule has 0 fully saturated rings. The summed E-state index contributed by atoms with van der Waals surface area (Å²) in [5.74, 6) is 0.568. The quantitative estimate of drug-likeness (QED) is 0.745. The minimum absolute atomic E-state index is 0.0353. The molecule has 4 rings (SSSR count). The van der Waals surface area contributed by atoms with E-state index in [0.717, 1.165) is 36.3 Å². The summed E-state index contributed by atoms with van der Waals surface area (Å²) in [6.45, 7) is 3.94. The van der Waals surface area contributed by atoms with Crippen LogP contribution in [0.5, 0.6) is 0 Å². The first-order valence-corrected chi connectivity index (χ1v) is 9.42. The second-order valence-corrected chi connectivity index (χ2v) is 6.99. The molecule has 0 spiro atoms. The van der Waals surface area contributed by atoms with Crippen LogP contribution in [-0.2, 0) is 4.79 Å². The van der Waals surface area contributed by atoms with Crippen LogP contribution < -0.4 is 5.32 Å². The summed E-state index contributed by atoms with van der Waals surface area (Å²) in [5.41, 5.74) is 4.54. The molecule has 0 saturated heterocycles. The molecule has 3 heterocycles. The van der Waals surface area contributed by atoms with Gasteiger partial charge in [0.2, 0.25) is 5.91 Å². The lowest BCUT2D eigenvalue weighted by atomic mass is 10.0. The first-order valence-electron chi connectivity index (χ1n) is 9.42. The van der Waals surface area contributed by atoms with Crippen LogP contribution in [0, 0.1) is 6.92 Å². The Morgan fingerprint density at radius 1 is 1.21 bits per heavy atom. The number of amides is 1. The molecule has 0 aliphatic carbocycles. The summed E-state index contributed by atoms with van der Waals surface area (Å²) in [5, 5.41) is 7.34. The van der Waals surface area contributed by atoms with Crippen LogP contribution in [0.1, 0.15) is 17.5 Å². The van der Waals surface area contributed by atoms with Gasteiger partial charge in [-0.3, -0.25) is 9.69 Å². The number of pyridine rings is 1. The third kappa shape index (κ3) is 4.35. The molecule has 1 aliphatic rings. The Hall–Kier alpha value is -3.25. The van der Waals surface area contributed by atoms with Crippen LogP contribution in [0.4, 0.5) is 5.82 Å². The molecule has 1 N–H and O–H groups in total. The molecule has 1 aliphatic heterocycles. The average molecular weight is 373 g/mol. The SMILES string of the molecule is Cc1ccnc(NC(=O)CN2CC=C(c3cnn(-c4ccccc4)c3)CC2)c1. The van der Waals surface area contributed by atoms with E-state index in [-0.39, 0.29) is 5.91 Å². The largest absolute Gasteiger partial charge is 0.310 e. The molecule has 0 radical (unpaired) electrons. The average Bonchev–Trinajstić information content (AvgIpc) is 3.19. The van der Waals surface area contributed by atoms with Crippen molar-refractivity contribution in [3.63, 3.8) is 0 Å². The maximum atomic E-state index is 12.3. The van der Waals surface area contributed by atoms with E-state index >= 15 is 0 Å². The highest BCUT2D eigenvalue weighted by Crippen LogP contribution is 2.22. The molecule has 0 atom stereocenters. The van der Waals surface area contributed by atoms with Gasteiger partial charge in [-0.25, -0.2) is 9.67 Å². The summed E-state index contributed by atoms with van der Waals surface area (Å²) < 4.78 is 1.89. The Labute approximate surface area is 164 Å². The summed E-state index contributed by atoms with van der Waals surface area (Å²) in [6.07, 6.45) is 8.76. The lowest BCUT2D eigenvalue weighted by Crippen LogP contribution is -2.36. The van der Waals surface area contributed by atoms with Crippen molar-refractivity contribution in [3.05, 3.63) is 78.3 Å². The zero-order chi connectivity index (χ0) is 19.3. The fourth-order valence-electron chi connectivity index (χ4n) is 3.32. The molecule has 142 valence electrons. The summed E-state index contributed by atoms with van der Waals surface area (Å²) >= 11 is 0. The van der Waals surface area contributed by atoms with E-state index in [1.165, 1.54) is 5.57 Å². The maximum Gasteiger partial charge on any atom is 0.239 e. The van der Waals surface area contributed by atoms with Gasteiger partial charge in [0.25, 0.3) is 0 Å². The number of rotatable bonds is 5. The van der Waals surface area contributed by atoms with Gasteiger partial charge in [-0.2, -0.15) is 5.10 Å². The Bertz CT molecular complexity index is 993. The number of anilines is 1. The third-order valence-corrected chi connectivity index (χ3v) is 4.82. The second kappa shape index (κ2) is 8.19. The van der Waals surface area contributed by atoms with Gasteiger partial charge in [0, 0.05) is 31.0 Å². The monoisotopic (exact) mass is 373 g/mol. The highest BCUT2D eigenvalue weighted by molar-refractivity contribution is 5.91. The minimum Gasteiger partial charge on any atom is -0.310 e. The minimum atomic E-state index is -0.0353.